The van der Waals surface area contributed by atoms with Crippen molar-refractivity contribution in [3.63, 3.8) is 0 Å². The zero-order chi connectivity index (χ0) is 20.4. The molecule has 1 aliphatic heterocycles. The van der Waals surface area contributed by atoms with Gasteiger partial charge in [-0.05, 0) is 39.0 Å². The summed E-state index contributed by atoms with van der Waals surface area (Å²) < 4.78 is 49.7. The summed E-state index contributed by atoms with van der Waals surface area (Å²) in [7, 11) is 0. The van der Waals surface area contributed by atoms with Crippen molar-refractivity contribution in [2.45, 2.75) is 70.3 Å². The number of carbonyl (C=O) groups is 3. The molecule has 154 valence electrons. The van der Waals surface area contributed by atoms with Crippen LogP contribution >= 0.6 is 0 Å². The van der Waals surface area contributed by atoms with Crippen molar-refractivity contribution in [2.75, 3.05) is 13.2 Å². The lowest BCUT2D eigenvalue weighted by atomic mass is 9.80. The summed E-state index contributed by atoms with van der Waals surface area (Å²) in [4.78, 5) is 36.1. The number of hydrogen-bond acceptors (Lipinski definition) is 5. The van der Waals surface area contributed by atoms with Gasteiger partial charge in [0.05, 0.1) is 0 Å². The van der Waals surface area contributed by atoms with Crippen LogP contribution in [0.15, 0.2) is 0 Å². The predicted octanol–water partition coefficient (Wildman–Crippen LogP) is 2.13. The molecule has 2 aliphatic rings. The highest BCUT2D eigenvalue weighted by Gasteiger charge is 2.56. The number of carbonyl (C=O) groups excluding carboxylic acids is 2. The summed E-state index contributed by atoms with van der Waals surface area (Å²) in [5.74, 6) is -3.87. The van der Waals surface area contributed by atoms with Gasteiger partial charge in [0.1, 0.15) is 11.5 Å². The maximum absolute atomic E-state index is 13.2. The van der Waals surface area contributed by atoms with E-state index in [0.717, 1.165) is 11.8 Å². The zero-order valence-electron chi connectivity index (χ0n) is 15.3. The Labute approximate surface area is 154 Å². The second-order valence-corrected chi connectivity index (χ2v) is 7.16. The van der Waals surface area contributed by atoms with Crippen LogP contribution < -0.4 is 0 Å². The van der Waals surface area contributed by atoms with Gasteiger partial charge >= 0.3 is 24.0 Å². The molecule has 27 heavy (non-hydrogen) atoms. The lowest BCUT2D eigenvalue weighted by molar-refractivity contribution is -0.193. The Morgan fingerprint density at radius 3 is 2.26 bits per heavy atom. The molecule has 0 aromatic carbocycles. The van der Waals surface area contributed by atoms with Crippen molar-refractivity contribution >= 4 is 17.8 Å². The van der Waals surface area contributed by atoms with Crippen molar-refractivity contribution < 1.29 is 42.1 Å². The van der Waals surface area contributed by atoms with Gasteiger partial charge in [0.15, 0.2) is 0 Å². The Kier molecular flexibility index (Phi) is 6.39. The van der Waals surface area contributed by atoms with E-state index in [4.69, 9.17) is 9.47 Å². The van der Waals surface area contributed by atoms with Gasteiger partial charge in [-0.3, -0.25) is 14.4 Å². The van der Waals surface area contributed by atoms with E-state index in [1.165, 1.54) is 6.92 Å². The molecule has 0 radical (unpaired) electrons. The van der Waals surface area contributed by atoms with Gasteiger partial charge in [0.2, 0.25) is 0 Å². The van der Waals surface area contributed by atoms with Gasteiger partial charge < -0.3 is 19.5 Å². The topological polar surface area (TPSA) is 93.1 Å². The molecule has 7 nitrogen and oxygen atoms in total. The quantitative estimate of drug-likeness (QED) is 0.717. The number of ether oxygens (including phenoxy) is 2. The van der Waals surface area contributed by atoms with Crippen LogP contribution in [-0.4, -0.2) is 65.4 Å². The van der Waals surface area contributed by atoms with E-state index in [1.54, 1.807) is 0 Å². The first-order valence-electron chi connectivity index (χ1n) is 8.87. The number of hydrogen-bond donors (Lipinski definition) is 1. The van der Waals surface area contributed by atoms with Gasteiger partial charge in [-0.1, -0.05) is 0 Å². The second kappa shape index (κ2) is 8.04. The fourth-order valence-electron chi connectivity index (χ4n) is 4.12. The normalized spacial score (nSPS) is 27.8. The molecule has 0 bridgehead atoms. The summed E-state index contributed by atoms with van der Waals surface area (Å²) in [5.41, 5.74) is -1.52. The highest BCUT2D eigenvalue weighted by molar-refractivity contribution is 5.83. The minimum absolute atomic E-state index is 0.0201. The summed E-state index contributed by atoms with van der Waals surface area (Å²) in [6.07, 6.45) is -5.63. The average molecular weight is 395 g/mol. The SMILES string of the molecule is CC(=O)OC(C)[C@]1(C(=O)O)CC[C@@H](N(C(=O)C(F)(F)F)C2CCOCC2)C1. The molecule has 1 N–H and O–H groups in total. The molecule has 10 heteroatoms. The van der Waals surface area contributed by atoms with Gasteiger partial charge in [-0.25, -0.2) is 0 Å². The van der Waals surface area contributed by atoms with Crippen LogP contribution in [0.1, 0.15) is 46.0 Å². The van der Waals surface area contributed by atoms with Gasteiger partial charge in [0, 0.05) is 32.2 Å². The Balaban J connectivity index is 2.30. The Morgan fingerprint density at radius 2 is 1.78 bits per heavy atom. The van der Waals surface area contributed by atoms with Gasteiger partial charge in [0.25, 0.3) is 0 Å². The molecule has 3 atom stereocenters. The third-order valence-corrected chi connectivity index (χ3v) is 5.53. The molecular formula is C17H24F3NO6. The molecule has 2 rings (SSSR count). The Hall–Kier alpha value is -1.84. The summed E-state index contributed by atoms with van der Waals surface area (Å²) in [5, 5.41) is 9.72. The summed E-state index contributed by atoms with van der Waals surface area (Å²) >= 11 is 0. The Bertz CT molecular complexity index is 590. The summed E-state index contributed by atoms with van der Waals surface area (Å²) in [6, 6.07) is -1.55. The standard InChI is InChI=1S/C17H24F3NO6/c1-10(27-11(2)22)16(15(24)25)6-3-13(9-16)21(14(23)17(18,19)20)12-4-7-26-8-5-12/h10,12-13H,3-9H2,1-2H3,(H,24,25)/t10?,13-,16+/m1/s1. The fraction of sp³-hybridized carbons (Fsp3) is 0.824. The third kappa shape index (κ3) is 4.53. The van der Waals surface area contributed by atoms with Crippen LogP contribution in [0, 0.1) is 5.41 Å². The summed E-state index contributed by atoms with van der Waals surface area (Å²) in [6.45, 7) is 3.04. The van der Waals surface area contributed by atoms with E-state index >= 15 is 0 Å². The van der Waals surface area contributed by atoms with Crippen molar-refractivity contribution in [3.05, 3.63) is 0 Å². The van der Waals surface area contributed by atoms with Crippen molar-refractivity contribution in [1.29, 1.82) is 0 Å². The molecule has 1 aliphatic carbocycles. The van der Waals surface area contributed by atoms with Crippen LogP contribution in [-0.2, 0) is 23.9 Å². The number of esters is 1. The number of amides is 1. The van der Waals surface area contributed by atoms with E-state index in [9.17, 15) is 32.7 Å². The number of carboxylic acid groups (broad SMARTS) is 1. The molecular weight excluding hydrogens is 371 g/mol. The van der Waals surface area contributed by atoms with E-state index in [1.807, 2.05) is 0 Å². The number of halogens is 3. The predicted molar refractivity (Wildman–Crippen MR) is 85.7 cm³/mol. The molecule has 0 aromatic rings. The highest BCUT2D eigenvalue weighted by Crippen LogP contribution is 2.46. The first kappa shape index (κ1) is 21.5. The first-order valence-corrected chi connectivity index (χ1v) is 8.87. The molecule has 1 saturated carbocycles. The van der Waals surface area contributed by atoms with E-state index < -0.39 is 47.6 Å². The first-order chi connectivity index (χ1) is 12.5. The molecule has 1 amide bonds. The van der Waals surface area contributed by atoms with E-state index in [-0.39, 0.29) is 45.3 Å². The van der Waals surface area contributed by atoms with Crippen molar-refractivity contribution in [3.8, 4) is 0 Å². The molecule has 0 spiro atoms. The van der Waals surface area contributed by atoms with Crippen LogP contribution in [0.2, 0.25) is 0 Å². The van der Waals surface area contributed by atoms with Crippen LogP contribution in [0.5, 0.6) is 0 Å². The monoisotopic (exact) mass is 395 g/mol. The lowest BCUT2D eigenvalue weighted by Gasteiger charge is -2.40. The van der Waals surface area contributed by atoms with Crippen LogP contribution in [0.4, 0.5) is 13.2 Å². The van der Waals surface area contributed by atoms with Gasteiger partial charge in [-0.15, -0.1) is 0 Å². The van der Waals surface area contributed by atoms with Crippen LogP contribution in [0.3, 0.4) is 0 Å². The van der Waals surface area contributed by atoms with Crippen molar-refractivity contribution in [1.82, 2.24) is 4.90 Å². The number of carboxylic acids is 1. The lowest BCUT2D eigenvalue weighted by Crippen LogP contribution is -2.54. The molecule has 1 saturated heterocycles. The largest absolute Gasteiger partial charge is 0.481 e. The molecule has 1 heterocycles. The molecule has 2 fully saturated rings. The number of rotatable bonds is 5. The number of alkyl halides is 3. The van der Waals surface area contributed by atoms with Crippen molar-refractivity contribution in [2.24, 2.45) is 5.41 Å². The van der Waals surface area contributed by atoms with Gasteiger partial charge in [-0.2, -0.15) is 13.2 Å². The maximum Gasteiger partial charge on any atom is 0.471 e. The maximum atomic E-state index is 13.2. The zero-order valence-corrected chi connectivity index (χ0v) is 15.3. The third-order valence-electron chi connectivity index (χ3n) is 5.53. The second-order valence-electron chi connectivity index (χ2n) is 7.16. The molecule has 1 unspecified atom stereocenters. The minimum atomic E-state index is -5.05. The minimum Gasteiger partial charge on any atom is -0.481 e. The smallest absolute Gasteiger partial charge is 0.471 e. The average Bonchev–Trinajstić information content (AvgIpc) is 3.01. The van der Waals surface area contributed by atoms with E-state index in [0.29, 0.717) is 0 Å². The van der Waals surface area contributed by atoms with Crippen LogP contribution in [0.25, 0.3) is 0 Å². The highest BCUT2D eigenvalue weighted by atomic mass is 19.4. The van der Waals surface area contributed by atoms with E-state index in [2.05, 4.69) is 0 Å². The number of aliphatic carboxylic acids is 1. The Morgan fingerprint density at radius 1 is 1.19 bits per heavy atom. The number of nitrogens with zero attached hydrogens (tertiary/aromatic N) is 1. The fourth-order valence-corrected chi connectivity index (χ4v) is 4.12. The molecule has 0 aromatic heterocycles.